The van der Waals surface area contributed by atoms with Crippen LogP contribution in [0.3, 0.4) is 0 Å². The molecule has 0 bridgehead atoms. The lowest BCUT2D eigenvalue weighted by molar-refractivity contribution is -0.0445. The Hall–Kier alpha value is -0.450. The highest BCUT2D eigenvalue weighted by Gasteiger charge is 2.31. The summed E-state index contributed by atoms with van der Waals surface area (Å²) < 4.78 is 0. The predicted octanol–water partition coefficient (Wildman–Crippen LogP) is 1.89. The summed E-state index contributed by atoms with van der Waals surface area (Å²) in [5, 5.41) is 19.8. The number of aromatic nitrogens is 1. The molecule has 2 N–H and O–H groups in total. The van der Waals surface area contributed by atoms with Crippen molar-refractivity contribution >= 4 is 11.3 Å². The number of nitrogens with zero attached hydrogens (tertiary/aromatic N) is 1. The van der Waals surface area contributed by atoms with Gasteiger partial charge in [0.1, 0.15) is 6.10 Å². The second-order valence-corrected chi connectivity index (χ2v) is 5.44. The fourth-order valence-electron chi connectivity index (χ4n) is 1.21. The zero-order valence-corrected chi connectivity index (χ0v) is 9.80. The molecule has 0 radical (unpaired) electrons. The number of thiazole rings is 1. The largest absolute Gasteiger partial charge is 0.389 e. The van der Waals surface area contributed by atoms with Crippen LogP contribution in [0.4, 0.5) is 0 Å². The second kappa shape index (κ2) is 3.96. The Morgan fingerprint density at radius 1 is 1.36 bits per heavy atom. The van der Waals surface area contributed by atoms with E-state index < -0.39 is 12.2 Å². The van der Waals surface area contributed by atoms with Gasteiger partial charge in [0.25, 0.3) is 0 Å². The van der Waals surface area contributed by atoms with Crippen LogP contribution in [0.1, 0.15) is 37.4 Å². The van der Waals surface area contributed by atoms with Crippen LogP contribution >= 0.6 is 11.3 Å². The van der Waals surface area contributed by atoms with Crippen LogP contribution < -0.4 is 0 Å². The van der Waals surface area contributed by atoms with Crippen molar-refractivity contribution in [2.75, 3.05) is 0 Å². The molecule has 2 unspecified atom stereocenters. The molecule has 1 aromatic rings. The Bertz CT molecular complexity index is 303. The van der Waals surface area contributed by atoms with Crippen molar-refractivity contribution in [2.24, 2.45) is 5.41 Å². The van der Waals surface area contributed by atoms with Crippen molar-refractivity contribution in [2.45, 2.75) is 39.9 Å². The predicted molar refractivity (Wildman–Crippen MR) is 57.3 cm³/mol. The van der Waals surface area contributed by atoms with Crippen LogP contribution in [0.5, 0.6) is 0 Å². The van der Waals surface area contributed by atoms with Crippen molar-refractivity contribution in [3.05, 3.63) is 16.1 Å². The molecular weight excluding hydrogens is 198 g/mol. The lowest BCUT2D eigenvalue weighted by Crippen LogP contribution is -2.32. The maximum Gasteiger partial charge on any atom is 0.116 e. The molecule has 0 saturated heterocycles. The van der Waals surface area contributed by atoms with Gasteiger partial charge in [0.2, 0.25) is 0 Å². The Balaban J connectivity index is 2.86. The summed E-state index contributed by atoms with van der Waals surface area (Å²) in [6.45, 7) is 7.54. The third kappa shape index (κ3) is 2.32. The minimum absolute atomic E-state index is 0.324. The van der Waals surface area contributed by atoms with Gasteiger partial charge in [-0.2, -0.15) is 0 Å². The molecule has 4 heteroatoms. The molecule has 0 saturated carbocycles. The summed E-state index contributed by atoms with van der Waals surface area (Å²) in [6.07, 6.45) is -1.59. The fraction of sp³-hybridized carbons (Fsp3) is 0.700. The molecule has 0 aliphatic rings. The smallest absolute Gasteiger partial charge is 0.116 e. The molecule has 3 nitrogen and oxygen atoms in total. The molecule has 0 aliphatic heterocycles. The third-order valence-corrected chi connectivity index (χ3v) is 3.24. The summed E-state index contributed by atoms with van der Waals surface area (Å²) in [5.74, 6) is 0. The topological polar surface area (TPSA) is 53.4 Å². The molecule has 0 spiro atoms. The van der Waals surface area contributed by atoms with Gasteiger partial charge >= 0.3 is 0 Å². The maximum atomic E-state index is 9.91. The SMILES string of the molecule is Cc1ncsc1C(O)C(O)C(C)(C)C. The first-order chi connectivity index (χ1) is 6.34. The summed E-state index contributed by atoms with van der Waals surface area (Å²) in [6, 6.07) is 0. The van der Waals surface area contributed by atoms with Gasteiger partial charge < -0.3 is 10.2 Å². The summed E-state index contributed by atoms with van der Waals surface area (Å²) in [4.78, 5) is 4.81. The van der Waals surface area contributed by atoms with E-state index in [-0.39, 0.29) is 5.41 Å². The van der Waals surface area contributed by atoms with E-state index in [0.717, 1.165) is 10.6 Å². The van der Waals surface area contributed by atoms with Gasteiger partial charge in [-0.15, -0.1) is 11.3 Å². The average molecular weight is 215 g/mol. The van der Waals surface area contributed by atoms with E-state index in [1.807, 2.05) is 27.7 Å². The van der Waals surface area contributed by atoms with E-state index in [1.54, 1.807) is 5.51 Å². The molecule has 1 aromatic heterocycles. The molecule has 0 aliphatic carbocycles. The Kier molecular flexibility index (Phi) is 3.29. The highest BCUT2D eigenvalue weighted by Crippen LogP contribution is 2.32. The number of aryl methyl sites for hydroxylation is 1. The van der Waals surface area contributed by atoms with Gasteiger partial charge in [0.15, 0.2) is 0 Å². The normalized spacial score (nSPS) is 16.7. The van der Waals surface area contributed by atoms with Gasteiger partial charge in [-0.25, -0.2) is 4.98 Å². The number of aliphatic hydroxyl groups is 2. The number of hydrogen-bond donors (Lipinski definition) is 2. The molecule has 14 heavy (non-hydrogen) atoms. The number of aliphatic hydroxyl groups excluding tert-OH is 2. The van der Waals surface area contributed by atoms with E-state index in [1.165, 1.54) is 11.3 Å². The minimum atomic E-state index is -0.831. The van der Waals surface area contributed by atoms with Gasteiger partial charge in [-0.05, 0) is 12.3 Å². The molecule has 0 amide bonds. The van der Waals surface area contributed by atoms with E-state index in [4.69, 9.17) is 0 Å². The van der Waals surface area contributed by atoms with Crippen molar-refractivity contribution in [3.63, 3.8) is 0 Å². The van der Waals surface area contributed by atoms with Crippen LogP contribution in [0.15, 0.2) is 5.51 Å². The molecule has 0 aromatic carbocycles. The summed E-state index contributed by atoms with van der Waals surface area (Å²) in [7, 11) is 0. The molecule has 0 fully saturated rings. The van der Waals surface area contributed by atoms with Crippen LogP contribution in [0.25, 0.3) is 0 Å². The second-order valence-electron chi connectivity index (χ2n) is 4.56. The highest BCUT2D eigenvalue weighted by molar-refractivity contribution is 7.09. The van der Waals surface area contributed by atoms with E-state index in [9.17, 15) is 10.2 Å². The highest BCUT2D eigenvalue weighted by atomic mass is 32.1. The third-order valence-electron chi connectivity index (χ3n) is 2.24. The lowest BCUT2D eigenvalue weighted by atomic mass is 9.85. The number of rotatable bonds is 2. The molecule has 80 valence electrons. The van der Waals surface area contributed by atoms with Gasteiger partial charge in [-0.3, -0.25) is 0 Å². The first kappa shape index (κ1) is 11.6. The van der Waals surface area contributed by atoms with Gasteiger partial charge in [0.05, 0.1) is 22.2 Å². The fourth-order valence-corrected chi connectivity index (χ4v) is 2.03. The van der Waals surface area contributed by atoms with Gasteiger partial charge in [-0.1, -0.05) is 20.8 Å². The van der Waals surface area contributed by atoms with Crippen molar-refractivity contribution in [1.29, 1.82) is 0 Å². The van der Waals surface area contributed by atoms with Crippen molar-refractivity contribution in [1.82, 2.24) is 4.98 Å². The van der Waals surface area contributed by atoms with Crippen molar-refractivity contribution in [3.8, 4) is 0 Å². The van der Waals surface area contributed by atoms with E-state index in [0.29, 0.717) is 0 Å². The van der Waals surface area contributed by atoms with Crippen molar-refractivity contribution < 1.29 is 10.2 Å². The first-order valence-corrected chi connectivity index (χ1v) is 5.48. The standard InChI is InChI=1S/C10H17NO2S/c1-6-8(14-5-11-6)7(12)9(13)10(2,3)4/h5,7,9,12-13H,1-4H3. The van der Waals surface area contributed by atoms with Crippen LogP contribution in [0.2, 0.25) is 0 Å². The molecule has 2 atom stereocenters. The van der Waals surface area contributed by atoms with E-state index in [2.05, 4.69) is 4.98 Å². The number of hydrogen-bond acceptors (Lipinski definition) is 4. The molecular formula is C10H17NO2S. The summed E-state index contributed by atoms with van der Waals surface area (Å²) >= 11 is 1.38. The minimum Gasteiger partial charge on any atom is -0.389 e. The maximum absolute atomic E-state index is 9.91. The first-order valence-electron chi connectivity index (χ1n) is 4.60. The van der Waals surface area contributed by atoms with Crippen LogP contribution in [0, 0.1) is 12.3 Å². The average Bonchev–Trinajstić information content (AvgIpc) is 2.47. The van der Waals surface area contributed by atoms with Gasteiger partial charge in [0, 0.05) is 0 Å². The zero-order chi connectivity index (χ0) is 10.9. The van der Waals surface area contributed by atoms with Crippen LogP contribution in [-0.4, -0.2) is 21.3 Å². The Morgan fingerprint density at radius 2 is 1.93 bits per heavy atom. The van der Waals surface area contributed by atoms with E-state index >= 15 is 0 Å². The lowest BCUT2D eigenvalue weighted by Gasteiger charge is -2.29. The Labute approximate surface area is 88.4 Å². The van der Waals surface area contributed by atoms with Crippen LogP contribution in [-0.2, 0) is 0 Å². The summed E-state index contributed by atoms with van der Waals surface area (Å²) in [5.41, 5.74) is 2.16. The monoisotopic (exact) mass is 215 g/mol. The zero-order valence-electron chi connectivity index (χ0n) is 8.98. The molecule has 1 rings (SSSR count). The quantitative estimate of drug-likeness (QED) is 0.792. The molecule has 1 heterocycles. The Morgan fingerprint density at radius 3 is 2.29 bits per heavy atom.